The van der Waals surface area contributed by atoms with E-state index in [1.165, 1.54) is 13.8 Å². The van der Waals surface area contributed by atoms with E-state index < -0.39 is 11.6 Å². The van der Waals surface area contributed by atoms with Crippen LogP contribution in [-0.2, 0) is 30.7 Å². The second kappa shape index (κ2) is 10.1. The van der Waals surface area contributed by atoms with Crippen LogP contribution in [0.1, 0.15) is 51.8 Å². The zero-order chi connectivity index (χ0) is 21.4. The van der Waals surface area contributed by atoms with Crippen LogP contribution in [-0.4, -0.2) is 25.8 Å². The lowest BCUT2D eigenvalue weighted by Gasteiger charge is -2.21. The molecule has 158 valence electrons. The van der Waals surface area contributed by atoms with Gasteiger partial charge in [-0.3, -0.25) is 9.13 Å². The molecule has 1 aromatic heterocycles. The van der Waals surface area contributed by atoms with Crippen molar-refractivity contribution in [3.63, 3.8) is 0 Å². The molecule has 2 rings (SSSR count). The molecule has 0 aliphatic carbocycles. The quantitative estimate of drug-likeness (QED) is 0.578. The summed E-state index contributed by atoms with van der Waals surface area (Å²) in [6.07, 6.45) is 9.48. The topological polar surface area (TPSA) is 73.5 Å². The summed E-state index contributed by atoms with van der Waals surface area (Å²) in [4.78, 5) is 23.7. The first-order chi connectivity index (χ1) is 13.8. The molecule has 0 amide bonds. The fourth-order valence-corrected chi connectivity index (χ4v) is 3.13. The summed E-state index contributed by atoms with van der Waals surface area (Å²) in [6, 6.07) is 7.54. The minimum atomic E-state index is -1.26. The molecule has 0 unspecified atom stereocenters. The molecule has 0 fully saturated rings. The normalized spacial score (nSPS) is 11.9. The SMILES string of the molecule is C/C=C/Cn1cc(CCCc2ccc(OC(C)(C)C(=O)O)cc2)n(CCC)c1=O. The number of aromatic nitrogens is 2. The number of allylic oxidation sites excluding steroid dienone is 2. The highest BCUT2D eigenvalue weighted by atomic mass is 16.5. The summed E-state index contributed by atoms with van der Waals surface area (Å²) in [5, 5.41) is 9.16. The standard InChI is InChI=1S/C23H32N2O4/c1-5-7-16-24-17-19(25(15-6-2)22(24)28)10-8-9-18-11-13-20(14-12-18)29-23(3,4)21(26)27/h5,7,11-14,17H,6,8-10,15-16H2,1-4H3,(H,26,27)/b7-5+. The highest BCUT2D eigenvalue weighted by Gasteiger charge is 2.29. The van der Waals surface area contributed by atoms with E-state index in [2.05, 4.69) is 6.92 Å². The largest absolute Gasteiger partial charge is 0.478 e. The molecule has 0 saturated carbocycles. The number of aliphatic carboxylic acids is 1. The van der Waals surface area contributed by atoms with Gasteiger partial charge in [0.1, 0.15) is 5.75 Å². The van der Waals surface area contributed by atoms with Gasteiger partial charge in [0, 0.05) is 25.0 Å². The average Bonchev–Trinajstić information content (AvgIpc) is 2.97. The molecule has 6 heteroatoms. The molecule has 1 heterocycles. The Morgan fingerprint density at radius 2 is 1.90 bits per heavy atom. The van der Waals surface area contributed by atoms with E-state index >= 15 is 0 Å². The highest BCUT2D eigenvalue weighted by molar-refractivity contribution is 5.76. The van der Waals surface area contributed by atoms with Crippen molar-refractivity contribution in [2.45, 2.75) is 72.1 Å². The van der Waals surface area contributed by atoms with Crippen LogP contribution in [0.4, 0.5) is 0 Å². The van der Waals surface area contributed by atoms with Gasteiger partial charge in [-0.05, 0) is 64.2 Å². The van der Waals surface area contributed by atoms with Gasteiger partial charge in [0.05, 0.1) is 0 Å². The maximum atomic E-state index is 12.6. The average molecular weight is 401 g/mol. The van der Waals surface area contributed by atoms with Gasteiger partial charge in [-0.25, -0.2) is 9.59 Å². The van der Waals surface area contributed by atoms with Gasteiger partial charge in [0.2, 0.25) is 0 Å². The van der Waals surface area contributed by atoms with Crippen LogP contribution in [0.15, 0.2) is 47.4 Å². The first-order valence-electron chi connectivity index (χ1n) is 10.2. The van der Waals surface area contributed by atoms with Crippen molar-refractivity contribution >= 4 is 5.97 Å². The van der Waals surface area contributed by atoms with Gasteiger partial charge in [-0.2, -0.15) is 0 Å². The Bertz CT molecular complexity index is 889. The van der Waals surface area contributed by atoms with E-state index in [4.69, 9.17) is 9.84 Å². The molecule has 0 aliphatic rings. The third kappa shape index (κ3) is 6.11. The van der Waals surface area contributed by atoms with E-state index in [0.29, 0.717) is 12.3 Å². The molecule has 0 aliphatic heterocycles. The lowest BCUT2D eigenvalue weighted by molar-refractivity contribution is -0.152. The predicted octanol–water partition coefficient (Wildman–Crippen LogP) is 4.05. The number of ether oxygens (including phenoxy) is 1. The summed E-state index contributed by atoms with van der Waals surface area (Å²) in [6.45, 7) is 8.43. The van der Waals surface area contributed by atoms with Crippen LogP contribution in [0.2, 0.25) is 0 Å². The van der Waals surface area contributed by atoms with Crippen LogP contribution in [0, 0.1) is 0 Å². The minimum absolute atomic E-state index is 0.0579. The fourth-order valence-electron chi connectivity index (χ4n) is 3.13. The molecule has 0 spiro atoms. The Labute approximate surface area is 172 Å². The predicted molar refractivity (Wildman–Crippen MR) is 115 cm³/mol. The second-order valence-corrected chi connectivity index (χ2v) is 7.69. The Hall–Kier alpha value is -2.76. The van der Waals surface area contributed by atoms with Crippen LogP contribution in [0.25, 0.3) is 0 Å². The second-order valence-electron chi connectivity index (χ2n) is 7.69. The van der Waals surface area contributed by atoms with Gasteiger partial charge >= 0.3 is 11.7 Å². The van der Waals surface area contributed by atoms with Crippen LogP contribution in [0.3, 0.4) is 0 Å². The molecular weight excluding hydrogens is 368 g/mol. The molecule has 0 radical (unpaired) electrons. The molecule has 0 bridgehead atoms. The first-order valence-corrected chi connectivity index (χ1v) is 10.2. The first kappa shape index (κ1) is 22.5. The number of carboxylic acids is 1. The van der Waals surface area contributed by atoms with E-state index in [9.17, 15) is 9.59 Å². The number of benzene rings is 1. The molecule has 0 atom stereocenters. The van der Waals surface area contributed by atoms with E-state index in [1.54, 1.807) is 16.7 Å². The Balaban J connectivity index is 1.99. The lowest BCUT2D eigenvalue weighted by Crippen LogP contribution is -2.37. The number of hydrogen-bond acceptors (Lipinski definition) is 3. The van der Waals surface area contributed by atoms with E-state index in [1.807, 2.05) is 42.0 Å². The molecule has 29 heavy (non-hydrogen) atoms. The van der Waals surface area contributed by atoms with Crippen molar-refractivity contribution in [3.05, 3.63) is 64.4 Å². The molecular formula is C23H32N2O4. The third-order valence-corrected chi connectivity index (χ3v) is 4.82. The van der Waals surface area contributed by atoms with E-state index in [0.717, 1.165) is 43.5 Å². The number of imidazole rings is 1. The number of aryl methyl sites for hydroxylation is 2. The van der Waals surface area contributed by atoms with Crippen LogP contribution >= 0.6 is 0 Å². The maximum absolute atomic E-state index is 12.6. The molecule has 1 N–H and O–H groups in total. The van der Waals surface area contributed by atoms with Crippen molar-refractivity contribution in [2.75, 3.05) is 0 Å². The van der Waals surface area contributed by atoms with Crippen molar-refractivity contribution in [3.8, 4) is 5.75 Å². The lowest BCUT2D eigenvalue weighted by atomic mass is 10.1. The van der Waals surface area contributed by atoms with Crippen LogP contribution < -0.4 is 10.4 Å². The van der Waals surface area contributed by atoms with Crippen molar-refractivity contribution in [2.24, 2.45) is 0 Å². The summed E-state index contributed by atoms with van der Waals surface area (Å²) in [5.41, 5.74) is 1.03. The smallest absolute Gasteiger partial charge is 0.347 e. The Morgan fingerprint density at radius 1 is 1.21 bits per heavy atom. The fraction of sp³-hybridized carbons (Fsp3) is 0.478. The number of nitrogens with zero attached hydrogens (tertiary/aromatic N) is 2. The molecule has 1 aromatic carbocycles. The Morgan fingerprint density at radius 3 is 2.48 bits per heavy atom. The summed E-state index contributed by atoms with van der Waals surface area (Å²) in [7, 11) is 0. The molecule has 6 nitrogen and oxygen atoms in total. The highest BCUT2D eigenvalue weighted by Crippen LogP contribution is 2.20. The van der Waals surface area contributed by atoms with Gasteiger partial charge in [0.15, 0.2) is 5.60 Å². The monoisotopic (exact) mass is 400 g/mol. The van der Waals surface area contributed by atoms with Gasteiger partial charge in [-0.15, -0.1) is 0 Å². The zero-order valence-corrected chi connectivity index (χ0v) is 17.9. The van der Waals surface area contributed by atoms with Crippen molar-refractivity contribution < 1.29 is 14.6 Å². The number of carbonyl (C=O) groups is 1. The Kier molecular flexibility index (Phi) is 7.88. The van der Waals surface area contributed by atoms with Gasteiger partial charge < -0.3 is 9.84 Å². The van der Waals surface area contributed by atoms with Crippen molar-refractivity contribution in [1.29, 1.82) is 0 Å². The zero-order valence-electron chi connectivity index (χ0n) is 17.9. The molecule has 0 saturated heterocycles. The molecule has 2 aromatic rings. The summed E-state index contributed by atoms with van der Waals surface area (Å²) < 4.78 is 9.19. The number of hydrogen-bond donors (Lipinski definition) is 1. The van der Waals surface area contributed by atoms with Gasteiger partial charge in [0.25, 0.3) is 0 Å². The summed E-state index contributed by atoms with van der Waals surface area (Å²) in [5.74, 6) is -0.458. The van der Waals surface area contributed by atoms with Gasteiger partial charge in [-0.1, -0.05) is 31.2 Å². The van der Waals surface area contributed by atoms with Crippen molar-refractivity contribution in [1.82, 2.24) is 9.13 Å². The minimum Gasteiger partial charge on any atom is -0.478 e. The summed E-state index contributed by atoms with van der Waals surface area (Å²) >= 11 is 0. The third-order valence-electron chi connectivity index (χ3n) is 4.82. The number of rotatable bonds is 11. The maximum Gasteiger partial charge on any atom is 0.347 e. The number of carboxylic acid groups (broad SMARTS) is 1. The van der Waals surface area contributed by atoms with E-state index in [-0.39, 0.29) is 5.69 Å². The van der Waals surface area contributed by atoms with Crippen LogP contribution in [0.5, 0.6) is 5.75 Å².